The van der Waals surface area contributed by atoms with Crippen molar-refractivity contribution in [3.8, 4) is 10.4 Å². The van der Waals surface area contributed by atoms with E-state index in [4.69, 9.17) is 0 Å². The highest BCUT2D eigenvalue weighted by atomic mass is 32.1. The van der Waals surface area contributed by atoms with Crippen LogP contribution in [0.5, 0.6) is 0 Å². The van der Waals surface area contributed by atoms with Crippen molar-refractivity contribution in [2.45, 2.75) is 25.8 Å². The fourth-order valence-corrected chi connectivity index (χ4v) is 4.77. The molecule has 1 N–H and O–H groups in total. The lowest BCUT2D eigenvalue weighted by atomic mass is 9.84. The number of carbonyl (C=O) groups is 2. The van der Waals surface area contributed by atoms with Gasteiger partial charge in [0.25, 0.3) is 5.91 Å². The molecule has 1 aromatic carbocycles. The molecule has 4 heterocycles. The molecule has 2 aromatic rings. The Hall–Kier alpha value is -1.98. The van der Waals surface area contributed by atoms with E-state index in [0.29, 0.717) is 11.5 Å². The zero-order chi connectivity index (χ0) is 17.4. The molecule has 1 atom stereocenters. The molecule has 5 rings (SSSR count). The van der Waals surface area contributed by atoms with Gasteiger partial charge in [-0.05, 0) is 56.5 Å². The molecule has 0 radical (unpaired) electrons. The lowest BCUT2D eigenvalue weighted by Crippen LogP contribution is -2.57. The minimum Gasteiger partial charge on any atom is -0.347 e. The molecule has 1 amide bonds. The topological polar surface area (TPSA) is 49.4 Å². The van der Waals surface area contributed by atoms with E-state index in [2.05, 4.69) is 10.2 Å². The monoisotopic (exact) mass is 354 g/mol. The third-order valence-corrected chi connectivity index (χ3v) is 6.51. The van der Waals surface area contributed by atoms with Gasteiger partial charge >= 0.3 is 0 Å². The normalized spacial score (nSPS) is 24.9. The van der Waals surface area contributed by atoms with Crippen molar-refractivity contribution in [3.63, 3.8) is 0 Å². The highest BCUT2D eigenvalue weighted by molar-refractivity contribution is 7.17. The number of fused-ring (bicyclic) bond motifs is 3. The van der Waals surface area contributed by atoms with Gasteiger partial charge in [-0.3, -0.25) is 9.59 Å². The predicted octanol–water partition coefficient (Wildman–Crippen LogP) is 3.44. The number of hydrogen-bond donors (Lipinski definition) is 1. The van der Waals surface area contributed by atoms with Gasteiger partial charge in [0.1, 0.15) is 0 Å². The summed E-state index contributed by atoms with van der Waals surface area (Å²) in [6.07, 6.45) is 2.40. The Kier molecular flexibility index (Phi) is 4.44. The minimum absolute atomic E-state index is 0.0374. The minimum atomic E-state index is 0.0374. The second-order valence-corrected chi connectivity index (χ2v) is 8.10. The number of Topliss-reactive ketones (excluding diaryl/α,β-unsaturated/α-hetero) is 1. The predicted molar refractivity (Wildman–Crippen MR) is 100 cm³/mol. The van der Waals surface area contributed by atoms with Gasteiger partial charge in [-0.15, -0.1) is 11.3 Å². The molecule has 3 aliphatic heterocycles. The van der Waals surface area contributed by atoms with Crippen LogP contribution in [0.1, 0.15) is 39.8 Å². The van der Waals surface area contributed by atoms with E-state index in [9.17, 15) is 9.59 Å². The summed E-state index contributed by atoms with van der Waals surface area (Å²) in [6, 6.07) is 11.7. The Balaban J connectivity index is 1.45. The number of piperidine rings is 3. The summed E-state index contributed by atoms with van der Waals surface area (Å²) in [5, 5.41) is 3.24. The Labute approximate surface area is 151 Å². The van der Waals surface area contributed by atoms with Gasteiger partial charge in [0, 0.05) is 23.0 Å². The Morgan fingerprint density at radius 1 is 1.08 bits per heavy atom. The number of carbonyl (C=O) groups excluding carboxylic acids is 2. The molecule has 3 aliphatic rings. The second kappa shape index (κ2) is 6.73. The molecular formula is C20H22N2O2S. The number of hydrogen-bond acceptors (Lipinski definition) is 4. The number of ketones is 1. The van der Waals surface area contributed by atoms with Gasteiger partial charge < -0.3 is 10.2 Å². The van der Waals surface area contributed by atoms with Crippen molar-refractivity contribution in [2.24, 2.45) is 5.92 Å². The van der Waals surface area contributed by atoms with E-state index >= 15 is 0 Å². The van der Waals surface area contributed by atoms with Gasteiger partial charge in [0.2, 0.25) is 0 Å². The van der Waals surface area contributed by atoms with Gasteiger partial charge in [-0.1, -0.05) is 24.3 Å². The summed E-state index contributed by atoms with van der Waals surface area (Å²) in [4.78, 5) is 28.2. The molecule has 2 bridgehead atoms. The first-order chi connectivity index (χ1) is 12.1. The van der Waals surface area contributed by atoms with Crippen molar-refractivity contribution in [2.75, 3.05) is 19.6 Å². The van der Waals surface area contributed by atoms with Crippen LogP contribution in [0.4, 0.5) is 0 Å². The maximum absolute atomic E-state index is 12.6. The summed E-state index contributed by atoms with van der Waals surface area (Å²) >= 11 is 1.51. The van der Waals surface area contributed by atoms with E-state index < -0.39 is 0 Å². The quantitative estimate of drug-likeness (QED) is 0.856. The number of nitrogens with zero attached hydrogens (tertiary/aromatic N) is 1. The van der Waals surface area contributed by atoms with Crippen molar-refractivity contribution >= 4 is 23.0 Å². The van der Waals surface area contributed by atoms with Crippen molar-refractivity contribution in [1.29, 1.82) is 0 Å². The maximum Gasteiger partial charge on any atom is 0.261 e. The van der Waals surface area contributed by atoms with E-state index in [0.717, 1.165) is 21.9 Å². The van der Waals surface area contributed by atoms with E-state index in [1.54, 1.807) is 6.92 Å². The van der Waals surface area contributed by atoms with E-state index in [1.807, 2.05) is 36.4 Å². The summed E-state index contributed by atoms with van der Waals surface area (Å²) < 4.78 is 0. The van der Waals surface area contributed by atoms with Crippen LogP contribution in [0.3, 0.4) is 0 Å². The molecule has 0 spiro atoms. The first-order valence-corrected chi connectivity index (χ1v) is 9.66. The largest absolute Gasteiger partial charge is 0.347 e. The standard InChI is InChI=1S/C20H22N2O2S/c1-13(23)14-2-4-16(5-3-14)18-6-7-19(25-18)20(24)21-17-12-22-10-8-15(17)9-11-22/h2-7,15,17H,8-12H2,1H3,(H,21,24)/t17-/m0/s1. The van der Waals surface area contributed by atoms with Crippen LogP contribution in [-0.2, 0) is 0 Å². The lowest BCUT2D eigenvalue weighted by Gasteiger charge is -2.44. The number of amides is 1. The molecule has 0 unspecified atom stereocenters. The lowest BCUT2D eigenvalue weighted by molar-refractivity contribution is 0.0622. The molecule has 3 saturated heterocycles. The third-order valence-electron chi connectivity index (χ3n) is 5.38. The molecule has 25 heavy (non-hydrogen) atoms. The van der Waals surface area contributed by atoms with Crippen LogP contribution in [0, 0.1) is 5.92 Å². The highest BCUT2D eigenvalue weighted by Gasteiger charge is 2.35. The average Bonchev–Trinajstić information content (AvgIpc) is 3.13. The number of thiophene rings is 1. The molecular weight excluding hydrogens is 332 g/mol. The van der Waals surface area contributed by atoms with Crippen LogP contribution in [0.2, 0.25) is 0 Å². The van der Waals surface area contributed by atoms with Crippen molar-refractivity contribution in [3.05, 3.63) is 46.8 Å². The highest BCUT2D eigenvalue weighted by Crippen LogP contribution is 2.30. The molecule has 3 fully saturated rings. The molecule has 4 nitrogen and oxygen atoms in total. The number of benzene rings is 1. The summed E-state index contributed by atoms with van der Waals surface area (Å²) in [5.41, 5.74) is 1.75. The van der Waals surface area contributed by atoms with Crippen LogP contribution in [0.15, 0.2) is 36.4 Å². The molecule has 0 saturated carbocycles. The van der Waals surface area contributed by atoms with Gasteiger partial charge in [-0.2, -0.15) is 0 Å². The first kappa shape index (κ1) is 16.5. The molecule has 130 valence electrons. The van der Waals surface area contributed by atoms with E-state index in [1.165, 1.54) is 37.3 Å². The van der Waals surface area contributed by atoms with E-state index in [-0.39, 0.29) is 17.7 Å². The zero-order valence-electron chi connectivity index (χ0n) is 14.3. The average molecular weight is 354 g/mol. The van der Waals surface area contributed by atoms with Crippen LogP contribution >= 0.6 is 11.3 Å². The second-order valence-electron chi connectivity index (χ2n) is 7.02. The summed E-state index contributed by atoms with van der Waals surface area (Å²) in [7, 11) is 0. The van der Waals surface area contributed by atoms with Crippen LogP contribution < -0.4 is 5.32 Å². The number of nitrogens with one attached hydrogen (secondary N) is 1. The van der Waals surface area contributed by atoms with Crippen molar-refractivity contribution in [1.82, 2.24) is 10.2 Å². The van der Waals surface area contributed by atoms with Gasteiger partial charge in [0.05, 0.1) is 4.88 Å². The maximum atomic E-state index is 12.6. The van der Waals surface area contributed by atoms with Gasteiger partial charge in [-0.25, -0.2) is 0 Å². The Morgan fingerprint density at radius 2 is 1.80 bits per heavy atom. The summed E-state index contributed by atoms with van der Waals surface area (Å²) in [6.45, 7) is 4.91. The Morgan fingerprint density at radius 3 is 2.40 bits per heavy atom. The smallest absolute Gasteiger partial charge is 0.261 e. The third kappa shape index (κ3) is 3.39. The zero-order valence-corrected chi connectivity index (χ0v) is 15.1. The fourth-order valence-electron chi connectivity index (χ4n) is 3.85. The molecule has 1 aromatic heterocycles. The fraction of sp³-hybridized carbons (Fsp3) is 0.400. The SMILES string of the molecule is CC(=O)c1ccc(-c2ccc(C(=O)N[C@H]3CN4CCC3CC4)s2)cc1. The molecule has 5 heteroatoms. The Bertz CT molecular complexity index is 788. The summed E-state index contributed by atoms with van der Waals surface area (Å²) in [5.74, 6) is 0.734. The van der Waals surface area contributed by atoms with Crippen molar-refractivity contribution < 1.29 is 9.59 Å². The van der Waals surface area contributed by atoms with Crippen LogP contribution in [-0.4, -0.2) is 42.3 Å². The number of rotatable bonds is 4. The molecule has 0 aliphatic carbocycles. The first-order valence-electron chi connectivity index (χ1n) is 8.84. The van der Waals surface area contributed by atoms with Crippen LogP contribution in [0.25, 0.3) is 10.4 Å². The van der Waals surface area contributed by atoms with Gasteiger partial charge in [0.15, 0.2) is 5.78 Å².